The third kappa shape index (κ3) is 7.77. The number of ether oxygens (including phenoxy) is 2. The third-order valence-corrected chi connectivity index (χ3v) is 6.34. The number of hydrogen-bond acceptors (Lipinski definition) is 5. The maximum absolute atomic E-state index is 12.3. The van der Waals surface area contributed by atoms with Gasteiger partial charge in [-0.2, -0.15) is 0 Å². The minimum atomic E-state index is -0.0701. The molecule has 1 heterocycles. The van der Waals surface area contributed by atoms with Crippen LogP contribution in [0.3, 0.4) is 0 Å². The summed E-state index contributed by atoms with van der Waals surface area (Å²) in [6.07, 6.45) is 6.23. The van der Waals surface area contributed by atoms with Crippen LogP contribution in [0.2, 0.25) is 0 Å². The van der Waals surface area contributed by atoms with Gasteiger partial charge in [0, 0.05) is 38.8 Å². The van der Waals surface area contributed by atoms with Gasteiger partial charge in [-0.15, -0.1) is 24.0 Å². The van der Waals surface area contributed by atoms with Gasteiger partial charge >= 0.3 is 0 Å². The average Bonchev–Trinajstić information content (AvgIpc) is 2.84. The quantitative estimate of drug-likeness (QED) is 0.257. The Balaban J connectivity index is 0.00000363. The summed E-state index contributed by atoms with van der Waals surface area (Å²) in [5.41, 5.74) is 1.18. The Bertz CT molecular complexity index is 717. The second-order valence-electron chi connectivity index (χ2n) is 8.29. The fraction of sp³-hybridized carbons (Fsp3) is 0.652. The number of aliphatic imine (C=N–C) groups is 1. The van der Waals surface area contributed by atoms with Crippen LogP contribution in [0.1, 0.15) is 37.7 Å². The van der Waals surface area contributed by atoms with Gasteiger partial charge in [0.15, 0.2) is 5.96 Å². The normalized spacial score (nSPS) is 18.9. The molecule has 3 N–H and O–H groups in total. The van der Waals surface area contributed by atoms with Crippen molar-refractivity contribution >= 4 is 35.8 Å². The van der Waals surface area contributed by atoms with Gasteiger partial charge in [-0.1, -0.05) is 31.4 Å². The summed E-state index contributed by atoms with van der Waals surface area (Å²) in [6.45, 7) is 5.09. The predicted molar refractivity (Wildman–Crippen MR) is 138 cm³/mol. The average molecular weight is 559 g/mol. The zero-order valence-corrected chi connectivity index (χ0v) is 21.7. The maximum atomic E-state index is 12.3. The molecular formula is C23H38IN5O3. The molecule has 0 atom stereocenters. The van der Waals surface area contributed by atoms with E-state index in [1.54, 1.807) is 14.2 Å². The van der Waals surface area contributed by atoms with Crippen LogP contribution in [-0.4, -0.2) is 75.9 Å². The number of nitrogens with one attached hydrogen (secondary N) is 3. The summed E-state index contributed by atoms with van der Waals surface area (Å²) < 4.78 is 10.7. The molecule has 1 aliphatic carbocycles. The molecule has 1 aromatic carbocycles. The molecule has 1 aliphatic heterocycles. The summed E-state index contributed by atoms with van der Waals surface area (Å²) in [6, 6.07) is 7.67. The Morgan fingerprint density at radius 3 is 2.41 bits per heavy atom. The Hall–Kier alpha value is -1.59. The van der Waals surface area contributed by atoms with E-state index in [1.807, 2.05) is 24.3 Å². The number of carbonyl (C=O) groups excluding carboxylic acids is 1. The highest BCUT2D eigenvalue weighted by Gasteiger charge is 2.38. The summed E-state index contributed by atoms with van der Waals surface area (Å²) >= 11 is 0. The molecule has 1 aromatic rings. The van der Waals surface area contributed by atoms with Crippen molar-refractivity contribution < 1.29 is 14.3 Å². The summed E-state index contributed by atoms with van der Waals surface area (Å²) in [7, 11) is 3.38. The molecule has 32 heavy (non-hydrogen) atoms. The molecule has 0 spiro atoms. The van der Waals surface area contributed by atoms with Crippen molar-refractivity contribution in [3.63, 3.8) is 0 Å². The van der Waals surface area contributed by atoms with E-state index in [-0.39, 0.29) is 42.0 Å². The fourth-order valence-electron chi connectivity index (χ4n) is 4.49. The Morgan fingerprint density at radius 2 is 1.78 bits per heavy atom. The Kier molecular flexibility index (Phi) is 11.5. The first-order valence-corrected chi connectivity index (χ1v) is 11.3. The monoisotopic (exact) mass is 559 g/mol. The number of morpholine rings is 1. The van der Waals surface area contributed by atoms with Crippen LogP contribution < -0.4 is 20.7 Å². The molecule has 0 unspecified atom stereocenters. The molecule has 0 aromatic heterocycles. The van der Waals surface area contributed by atoms with Crippen LogP contribution in [0.15, 0.2) is 29.3 Å². The van der Waals surface area contributed by atoms with Crippen molar-refractivity contribution in [3.05, 3.63) is 29.8 Å². The number of carbonyl (C=O) groups is 1. The number of amides is 1. The van der Waals surface area contributed by atoms with Gasteiger partial charge in [-0.05, 0) is 30.5 Å². The van der Waals surface area contributed by atoms with Crippen LogP contribution >= 0.6 is 24.0 Å². The van der Waals surface area contributed by atoms with E-state index in [0.29, 0.717) is 12.5 Å². The molecular weight excluding hydrogens is 521 g/mol. The van der Waals surface area contributed by atoms with Crippen LogP contribution in [0.25, 0.3) is 0 Å². The molecule has 180 valence electrons. The van der Waals surface area contributed by atoms with Crippen molar-refractivity contribution in [1.29, 1.82) is 0 Å². The third-order valence-electron chi connectivity index (χ3n) is 6.34. The van der Waals surface area contributed by atoms with Gasteiger partial charge in [0.1, 0.15) is 5.75 Å². The fourth-order valence-corrected chi connectivity index (χ4v) is 4.49. The highest BCUT2D eigenvalue weighted by molar-refractivity contribution is 14.0. The van der Waals surface area contributed by atoms with Crippen LogP contribution in [0.5, 0.6) is 5.75 Å². The zero-order chi connectivity index (χ0) is 21.9. The number of hydrogen-bond donors (Lipinski definition) is 3. The first-order valence-electron chi connectivity index (χ1n) is 11.3. The smallest absolute Gasteiger partial charge is 0.239 e. The van der Waals surface area contributed by atoms with E-state index in [2.05, 4.69) is 25.8 Å². The van der Waals surface area contributed by atoms with Crippen molar-refractivity contribution in [2.24, 2.45) is 4.99 Å². The lowest BCUT2D eigenvalue weighted by Crippen LogP contribution is -2.60. The Morgan fingerprint density at radius 1 is 1.09 bits per heavy atom. The first-order chi connectivity index (χ1) is 15.1. The SMILES string of the molecule is CN=C(NCC(=O)NCc1ccc(OC)cc1)NCC1(N2CCOCC2)CCCCC1.I. The molecule has 1 saturated carbocycles. The van der Waals surface area contributed by atoms with E-state index in [0.717, 1.165) is 44.2 Å². The number of halogens is 1. The summed E-state index contributed by atoms with van der Waals surface area (Å²) in [4.78, 5) is 19.2. The van der Waals surface area contributed by atoms with Crippen molar-refractivity contribution in [2.75, 3.05) is 53.6 Å². The molecule has 1 saturated heterocycles. The molecule has 8 nitrogen and oxygen atoms in total. The van der Waals surface area contributed by atoms with E-state index in [9.17, 15) is 4.79 Å². The van der Waals surface area contributed by atoms with E-state index in [1.165, 1.54) is 32.1 Å². The number of rotatable bonds is 8. The standard InChI is InChI=1S/C23H37N5O3.HI/c1-24-22(26-17-21(29)25-16-19-6-8-20(30-2)9-7-19)27-18-23(10-4-3-5-11-23)28-12-14-31-15-13-28;/h6-9H,3-5,10-18H2,1-2H3,(H,25,29)(H2,24,26,27);1H. The highest BCUT2D eigenvalue weighted by atomic mass is 127. The van der Waals surface area contributed by atoms with Crippen LogP contribution in [0, 0.1) is 0 Å². The first kappa shape index (κ1) is 26.7. The molecule has 3 rings (SSSR count). The van der Waals surface area contributed by atoms with Crippen molar-refractivity contribution in [2.45, 2.75) is 44.2 Å². The predicted octanol–water partition coefficient (Wildman–Crippen LogP) is 2.13. The zero-order valence-electron chi connectivity index (χ0n) is 19.3. The van der Waals surface area contributed by atoms with Crippen LogP contribution in [0.4, 0.5) is 0 Å². The number of nitrogens with zero attached hydrogens (tertiary/aromatic N) is 2. The topological polar surface area (TPSA) is 87.2 Å². The second kappa shape index (κ2) is 13.8. The molecule has 2 aliphatic rings. The molecule has 1 amide bonds. The lowest BCUT2D eigenvalue weighted by Gasteiger charge is -2.48. The molecule has 0 radical (unpaired) electrons. The van der Waals surface area contributed by atoms with Gasteiger partial charge in [0.05, 0.1) is 26.9 Å². The van der Waals surface area contributed by atoms with Gasteiger partial charge in [0.2, 0.25) is 5.91 Å². The summed E-state index contributed by atoms with van der Waals surface area (Å²) in [5, 5.41) is 9.56. The minimum absolute atomic E-state index is 0. The van der Waals surface area contributed by atoms with Crippen molar-refractivity contribution in [1.82, 2.24) is 20.9 Å². The van der Waals surface area contributed by atoms with Crippen LogP contribution in [-0.2, 0) is 16.1 Å². The molecule has 9 heteroatoms. The van der Waals surface area contributed by atoms with E-state index in [4.69, 9.17) is 9.47 Å². The van der Waals surface area contributed by atoms with Gasteiger partial charge in [-0.25, -0.2) is 0 Å². The van der Waals surface area contributed by atoms with Gasteiger partial charge in [0.25, 0.3) is 0 Å². The second-order valence-corrected chi connectivity index (χ2v) is 8.29. The van der Waals surface area contributed by atoms with E-state index < -0.39 is 0 Å². The van der Waals surface area contributed by atoms with Crippen molar-refractivity contribution in [3.8, 4) is 5.75 Å². The lowest BCUT2D eigenvalue weighted by atomic mass is 9.80. The van der Waals surface area contributed by atoms with E-state index >= 15 is 0 Å². The molecule has 2 fully saturated rings. The Labute approximate surface area is 208 Å². The number of methoxy groups -OCH3 is 1. The number of benzene rings is 1. The number of guanidine groups is 1. The highest BCUT2D eigenvalue weighted by Crippen LogP contribution is 2.33. The minimum Gasteiger partial charge on any atom is -0.497 e. The maximum Gasteiger partial charge on any atom is 0.239 e. The largest absolute Gasteiger partial charge is 0.497 e. The molecule has 0 bridgehead atoms. The van der Waals surface area contributed by atoms with Gasteiger partial charge in [-0.3, -0.25) is 14.7 Å². The summed E-state index contributed by atoms with van der Waals surface area (Å²) in [5.74, 6) is 1.40. The van der Waals surface area contributed by atoms with Gasteiger partial charge < -0.3 is 25.4 Å². The lowest BCUT2D eigenvalue weighted by molar-refractivity contribution is -0.120.